The second-order valence-corrected chi connectivity index (χ2v) is 8.25. The fraction of sp³-hybridized carbons (Fsp3) is 0.200. The van der Waals surface area contributed by atoms with E-state index in [1.807, 2.05) is 31.2 Å². The van der Waals surface area contributed by atoms with Crippen LogP contribution in [0.15, 0.2) is 42.5 Å². The Morgan fingerprint density at radius 2 is 2.00 bits per heavy atom. The van der Waals surface area contributed by atoms with Crippen LogP contribution in [0.4, 0.5) is 5.82 Å². The van der Waals surface area contributed by atoms with Crippen LogP contribution in [-0.4, -0.2) is 22.3 Å². The van der Waals surface area contributed by atoms with Crippen molar-refractivity contribution in [2.75, 3.05) is 11.9 Å². The van der Waals surface area contributed by atoms with E-state index in [0.29, 0.717) is 21.6 Å². The number of anilines is 1. The largest absolute Gasteiger partial charge is 0.482 e. The normalized spacial score (nSPS) is 12.7. The zero-order valence-electron chi connectivity index (χ0n) is 15.0. The third-order valence-electron chi connectivity index (χ3n) is 4.34. The molecule has 2 aromatic carbocycles. The molecule has 1 aliphatic heterocycles. The number of amides is 1. The first-order valence-corrected chi connectivity index (χ1v) is 10.6. The number of carbonyl (C=O) groups excluding carboxylic acids is 1. The smallest absolute Gasteiger partial charge is 0.263 e. The second-order valence-electron chi connectivity index (χ2n) is 6.43. The molecule has 5 nitrogen and oxygen atoms in total. The highest BCUT2D eigenvalue weighted by Crippen LogP contribution is 2.36. The Bertz CT molecular complexity index is 1030. The second kappa shape index (κ2) is 8.07. The van der Waals surface area contributed by atoms with E-state index >= 15 is 0 Å². The van der Waals surface area contributed by atoms with Crippen LogP contribution < -0.4 is 10.1 Å². The lowest BCUT2D eigenvalue weighted by molar-refractivity contribution is -0.118. The van der Waals surface area contributed by atoms with Gasteiger partial charge >= 0.3 is 0 Å². The van der Waals surface area contributed by atoms with E-state index in [9.17, 15) is 4.79 Å². The van der Waals surface area contributed by atoms with E-state index in [4.69, 9.17) is 33.0 Å². The number of hydrogen-bond donors (Lipinski definition) is 1. The third kappa shape index (κ3) is 3.99. The van der Waals surface area contributed by atoms with E-state index in [2.05, 4.69) is 5.32 Å². The van der Waals surface area contributed by atoms with E-state index in [1.165, 1.54) is 0 Å². The van der Waals surface area contributed by atoms with Gasteiger partial charge in [-0.3, -0.25) is 4.79 Å². The number of aromatic nitrogens is 2. The van der Waals surface area contributed by atoms with Crippen LogP contribution in [0.2, 0.25) is 10.0 Å². The van der Waals surface area contributed by atoms with Crippen LogP contribution in [0.1, 0.15) is 16.8 Å². The summed E-state index contributed by atoms with van der Waals surface area (Å²) in [5.74, 6) is 2.49. The fourth-order valence-electron chi connectivity index (χ4n) is 2.92. The molecule has 144 valence electrons. The molecular formula is C20H17Cl2N3O2S. The van der Waals surface area contributed by atoms with Crippen molar-refractivity contribution in [1.29, 1.82) is 0 Å². The molecule has 0 unspecified atom stereocenters. The van der Waals surface area contributed by atoms with Gasteiger partial charge in [-0.2, -0.15) is 16.9 Å². The maximum Gasteiger partial charge on any atom is 0.263 e. The molecule has 0 aliphatic carbocycles. The van der Waals surface area contributed by atoms with Crippen molar-refractivity contribution in [2.24, 2.45) is 0 Å². The molecule has 0 saturated heterocycles. The van der Waals surface area contributed by atoms with Gasteiger partial charge in [-0.05, 0) is 37.3 Å². The lowest BCUT2D eigenvalue weighted by atomic mass is 10.2. The molecule has 3 aromatic rings. The summed E-state index contributed by atoms with van der Waals surface area (Å²) in [6.45, 7) is 1.87. The molecule has 1 aromatic heterocycles. The zero-order chi connectivity index (χ0) is 19.7. The number of carbonyl (C=O) groups is 1. The van der Waals surface area contributed by atoms with E-state index in [0.717, 1.165) is 34.0 Å². The average molecular weight is 434 g/mol. The monoisotopic (exact) mass is 433 g/mol. The molecular weight excluding hydrogens is 417 g/mol. The first kappa shape index (κ1) is 19.2. The van der Waals surface area contributed by atoms with E-state index in [-0.39, 0.29) is 12.5 Å². The standard InChI is InChI=1S/C20H17Cl2N3O2S/c1-12-2-5-14(6-3-12)25-20(15-10-28-11-17(15)24-25)23-19(26)9-27-18-7-4-13(21)8-16(18)22/h2-8H,9-11H2,1H3,(H,23,26). The van der Waals surface area contributed by atoms with Crippen LogP contribution in [0.3, 0.4) is 0 Å². The predicted molar refractivity (Wildman–Crippen MR) is 114 cm³/mol. The molecule has 0 atom stereocenters. The molecule has 1 N–H and O–H groups in total. The number of aryl methyl sites for hydroxylation is 1. The number of halogens is 2. The number of benzene rings is 2. The molecule has 28 heavy (non-hydrogen) atoms. The third-order valence-corrected chi connectivity index (χ3v) is 5.84. The molecule has 0 bridgehead atoms. The van der Waals surface area contributed by atoms with Gasteiger partial charge in [-0.1, -0.05) is 40.9 Å². The number of nitrogens with one attached hydrogen (secondary N) is 1. The van der Waals surface area contributed by atoms with Gasteiger partial charge < -0.3 is 10.1 Å². The van der Waals surface area contributed by atoms with Crippen molar-refractivity contribution < 1.29 is 9.53 Å². The van der Waals surface area contributed by atoms with Gasteiger partial charge in [0.05, 0.1) is 16.4 Å². The van der Waals surface area contributed by atoms with Crippen molar-refractivity contribution >= 4 is 46.7 Å². The van der Waals surface area contributed by atoms with Crippen LogP contribution >= 0.6 is 35.0 Å². The quantitative estimate of drug-likeness (QED) is 0.596. The van der Waals surface area contributed by atoms with Crippen molar-refractivity contribution in [3.63, 3.8) is 0 Å². The number of ether oxygens (including phenoxy) is 1. The summed E-state index contributed by atoms with van der Waals surface area (Å²) in [5, 5.41) is 8.52. The van der Waals surface area contributed by atoms with Crippen molar-refractivity contribution in [2.45, 2.75) is 18.4 Å². The summed E-state index contributed by atoms with van der Waals surface area (Å²) in [4.78, 5) is 12.5. The number of fused-ring (bicyclic) bond motifs is 1. The molecule has 0 radical (unpaired) electrons. The molecule has 2 heterocycles. The predicted octanol–water partition coefficient (Wildman–Crippen LogP) is 5.25. The topological polar surface area (TPSA) is 56.2 Å². The van der Waals surface area contributed by atoms with E-state index in [1.54, 1.807) is 34.6 Å². The van der Waals surface area contributed by atoms with E-state index < -0.39 is 0 Å². The van der Waals surface area contributed by atoms with Gasteiger partial charge in [-0.15, -0.1) is 0 Å². The molecule has 4 rings (SSSR count). The highest BCUT2D eigenvalue weighted by Gasteiger charge is 2.24. The summed E-state index contributed by atoms with van der Waals surface area (Å²) in [6, 6.07) is 12.9. The number of thioether (sulfide) groups is 1. The van der Waals surface area contributed by atoms with Gasteiger partial charge in [0.2, 0.25) is 0 Å². The Labute approximate surface area is 177 Å². The maximum atomic E-state index is 12.5. The number of nitrogens with zero attached hydrogens (tertiary/aromatic N) is 2. The van der Waals surface area contributed by atoms with Gasteiger partial charge in [0, 0.05) is 22.1 Å². The number of hydrogen-bond acceptors (Lipinski definition) is 4. The van der Waals surface area contributed by atoms with Crippen LogP contribution in [0.5, 0.6) is 5.75 Å². The zero-order valence-corrected chi connectivity index (χ0v) is 17.4. The maximum absolute atomic E-state index is 12.5. The number of rotatable bonds is 5. The van der Waals surface area contributed by atoms with Crippen molar-refractivity contribution in [1.82, 2.24) is 9.78 Å². The Kier molecular flexibility index (Phi) is 5.53. The Morgan fingerprint density at radius 1 is 1.21 bits per heavy atom. The summed E-state index contributed by atoms with van der Waals surface area (Å²) >= 11 is 13.8. The minimum absolute atomic E-state index is 0.164. The summed E-state index contributed by atoms with van der Waals surface area (Å²) < 4.78 is 7.33. The summed E-state index contributed by atoms with van der Waals surface area (Å²) in [7, 11) is 0. The fourth-order valence-corrected chi connectivity index (χ4v) is 4.42. The molecule has 1 amide bonds. The van der Waals surface area contributed by atoms with Crippen LogP contribution in [0.25, 0.3) is 5.69 Å². The first-order chi connectivity index (χ1) is 13.5. The van der Waals surface area contributed by atoms with Gasteiger partial charge in [0.1, 0.15) is 11.6 Å². The molecule has 8 heteroatoms. The van der Waals surface area contributed by atoms with Crippen molar-refractivity contribution in [3.05, 3.63) is 69.3 Å². The van der Waals surface area contributed by atoms with Gasteiger partial charge in [0.15, 0.2) is 6.61 Å². The van der Waals surface area contributed by atoms with Gasteiger partial charge in [0.25, 0.3) is 5.91 Å². The Morgan fingerprint density at radius 3 is 2.75 bits per heavy atom. The summed E-state index contributed by atoms with van der Waals surface area (Å²) in [6.07, 6.45) is 0. The highest BCUT2D eigenvalue weighted by molar-refractivity contribution is 7.98. The van der Waals surface area contributed by atoms with Crippen molar-refractivity contribution in [3.8, 4) is 11.4 Å². The SMILES string of the molecule is Cc1ccc(-n2nc3c(c2NC(=O)COc2ccc(Cl)cc2Cl)CSC3)cc1. The Balaban J connectivity index is 1.53. The minimum Gasteiger partial charge on any atom is -0.482 e. The molecule has 0 spiro atoms. The molecule has 0 fully saturated rings. The highest BCUT2D eigenvalue weighted by atomic mass is 35.5. The van der Waals surface area contributed by atoms with Crippen LogP contribution in [-0.2, 0) is 16.3 Å². The first-order valence-electron chi connectivity index (χ1n) is 8.64. The lowest BCUT2D eigenvalue weighted by Gasteiger charge is -2.12. The minimum atomic E-state index is -0.279. The van der Waals surface area contributed by atoms with Crippen LogP contribution in [0, 0.1) is 6.92 Å². The molecule has 1 aliphatic rings. The lowest BCUT2D eigenvalue weighted by Crippen LogP contribution is -2.22. The Hall–Kier alpha value is -2.15. The average Bonchev–Trinajstić information content (AvgIpc) is 3.24. The molecule has 0 saturated carbocycles. The summed E-state index contributed by atoms with van der Waals surface area (Å²) in [5.41, 5.74) is 4.13. The van der Waals surface area contributed by atoms with Gasteiger partial charge in [-0.25, -0.2) is 4.68 Å².